The van der Waals surface area contributed by atoms with E-state index in [4.69, 9.17) is 0 Å². The van der Waals surface area contributed by atoms with Crippen molar-refractivity contribution in [1.82, 2.24) is 19.4 Å². The van der Waals surface area contributed by atoms with Gasteiger partial charge in [0, 0.05) is 45.0 Å². The molecule has 0 saturated carbocycles. The first-order valence-corrected chi connectivity index (χ1v) is 8.72. The molecule has 4 rings (SSSR count). The Morgan fingerprint density at radius 3 is 2.56 bits per heavy atom. The third-order valence-corrected chi connectivity index (χ3v) is 5.64. The minimum Gasteiger partial charge on any atom is -0.334 e. The maximum absolute atomic E-state index is 4.31. The van der Waals surface area contributed by atoms with Crippen LogP contribution in [0.15, 0.2) is 42.9 Å². The Bertz CT molecular complexity index is 660. The van der Waals surface area contributed by atoms with Gasteiger partial charge in [-0.15, -0.1) is 24.8 Å². The van der Waals surface area contributed by atoms with Gasteiger partial charge in [0.1, 0.15) is 0 Å². The molecular formula is C19H28Cl2N4. The average molecular weight is 383 g/mol. The molecule has 3 atom stereocenters. The number of hydrogen-bond acceptors (Lipinski definition) is 3. The second-order valence-corrected chi connectivity index (χ2v) is 7.08. The lowest BCUT2D eigenvalue weighted by Crippen LogP contribution is -2.29. The summed E-state index contributed by atoms with van der Waals surface area (Å²) in [6.45, 7) is 7.85. The summed E-state index contributed by atoms with van der Waals surface area (Å²) in [7, 11) is 2.28. The van der Waals surface area contributed by atoms with Crippen molar-refractivity contribution < 1.29 is 0 Å². The van der Waals surface area contributed by atoms with Crippen molar-refractivity contribution in [3.05, 3.63) is 54.1 Å². The smallest absolute Gasteiger partial charge is 0.0948 e. The number of halogens is 2. The van der Waals surface area contributed by atoms with E-state index in [-0.39, 0.29) is 24.8 Å². The summed E-state index contributed by atoms with van der Waals surface area (Å²) in [5.74, 6) is 1.55. The molecule has 0 unspecified atom stereocenters. The maximum Gasteiger partial charge on any atom is 0.0948 e. The molecule has 1 aromatic carbocycles. The molecule has 0 amide bonds. The van der Waals surface area contributed by atoms with Gasteiger partial charge in [-0.05, 0) is 31.4 Å². The lowest BCUT2D eigenvalue weighted by Gasteiger charge is -2.27. The molecule has 3 heterocycles. The fourth-order valence-electron chi connectivity index (χ4n) is 4.62. The van der Waals surface area contributed by atoms with Crippen molar-refractivity contribution >= 4 is 24.8 Å². The number of nitrogens with zero attached hydrogens (tertiary/aromatic N) is 4. The highest BCUT2D eigenvalue weighted by atomic mass is 35.5. The number of imidazole rings is 1. The zero-order chi connectivity index (χ0) is 15.8. The highest BCUT2D eigenvalue weighted by Gasteiger charge is 2.45. The van der Waals surface area contributed by atoms with Crippen molar-refractivity contribution in [2.24, 2.45) is 11.8 Å². The van der Waals surface area contributed by atoms with E-state index >= 15 is 0 Å². The molecule has 2 aliphatic rings. The van der Waals surface area contributed by atoms with Crippen molar-refractivity contribution in [2.75, 3.05) is 26.7 Å². The zero-order valence-electron chi connectivity index (χ0n) is 14.9. The number of aromatic nitrogens is 2. The van der Waals surface area contributed by atoms with Gasteiger partial charge in [-0.25, -0.2) is 4.98 Å². The number of benzene rings is 1. The summed E-state index contributed by atoms with van der Waals surface area (Å²) >= 11 is 0. The normalized spacial score (nSPS) is 26.1. The van der Waals surface area contributed by atoms with E-state index in [9.17, 15) is 0 Å². The summed E-state index contributed by atoms with van der Waals surface area (Å²) in [6.07, 6.45) is 3.98. The van der Waals surface area contributed by atoms with E-state index in [1.807, 2.05) is 12.5 Å². The quantitative estimate of drug-likeness (QED) is 0.808. The molecular weight excluding hydrogens is 355 g/mol. The molecule has 0 radical (unpaired) electrons. The summed E-state index contributed by atoms with van der Waals surface area (Å²) in [4.78, 5) is 9.49. The van der Waals surface area contributed by atoms with Crippen molar-refractivity contribution in [3.63, 3.8) is 0 Å². The Labute approximate surface area is 163 Å². The Hall–Kier alpha value is -1.07. The van der Waals surface area contributed by atoms with Crippen molar-refractivity contribution in [1.29, 1.82) is 0 Å². The number of likely N-dealkylation sites (tertiary alicyclic amines) is 2. The molecule has 25 heavy (non-hydrogen) atoms. The van der Waals surface area contributed by atoms with Crippen molar-refractivity contribution in [3.8, 4) is 0 Å². The first-order valence-electron chi connectivity index (χ1n) is 8.72. The first kappa shape index (κ1) is 20.2. The van der Waals surface area contributed by atoms with Crippen LogP contribution >= 0.6 is 24.8 Å². The van der Waals surface area contributed by atoms with E-state index in [0.717, 1.165) is 24.9 Å². The summed E-state index contributed by atoms with van der Waals surface area (Å²) in [6, 6.07) is 11.6. The second-order valence-electron chi connectivity index (χ2n) is 7.08. The molecule has 2 aromatic rings. The average Bonchev–Trinajstić information content (AvgIpc) is 3.22. The van der Waals surface area contributed by atoms with Gasteiger partial charge in [0.05, 0.1) is 12.0 Å². The molecule has 0 spiro atoms. The summed E-state index contributed by atoms with van der Waals surface area (Å²) < 4.78 is 2.26. The van der Waals surface area contributed by atoms with Crippen LogP contribution in [0.2, 0.25) is 0 Å². The monoisotopic (exact) mass is 382 g/mol. The SMILES string of the molecule is CCn1cncc1CN1C[C@@H]2CN(C)[C@@H](c3ccccc3)[C@@H]2C1.Cl.Cl. The molecule has 2 saturated heterocycles. The highest BCUT2D eigenvalue weighted by Crippen LogP contribution is 2.44. The maximum atomic E-state index is 4.31. The fraction of sp³-hybridized carbons (Fsp3) is 0.526. The predicted molar refractivity (Wildman–Crippen MR) is 106 cm³/mol. The third kappa shape index (κ3) is 3.87. The van der Waals surface area contributed by atoms with Crippen LogP contribution in [0.5, 0.6) is 0 Å². The van der Waals surface area contributed by atoms with E-state index in [2.05, 4.69) is 63.7 Å². The van der Waals surface area contributed by atoms with Crippen LogP contribution in [0.25, 0.3) is 0 Å². The van der Waals surface area contributed by atoms with Gasteiger partial charge in [0.25, 0.3) is 0 Å². The van der Waals surface area contributed by atoms with Crippen LogP contribution in [0.3, 0.4) is 0 Å². The van der Waals surface area contributed by atoms with Crippen LogP contribution in [0.4, 0.5) is 0 Å². The van der Waals surface area contributed by atoms with Crippen LogP contribution < -0.4 is 0 Å². The second kappa shape index (κ2) is 8.54. The molecule has 2 aliphatic heterocycles. The van der Waals surface area contributed by atoms with E-state index in [0.29, 0.717) is 6.04 Å². The predicted octanol–water partition coefficient (Wildman–Crippen LogP) is 3.48. The zero-order valence-corrected chi connectivity index (χ0v) is 16.5. The minimum atomic E-state index is 0. The van der Waals surface area contributed by atoms with Gasteiger partial charge in [-0.1, -0.05) is 30.3 Å². The number of fused-ring (bicyclic) bond motifs is 1. The van der Waals surface area contributed by atoms with Crippen LogP contribution in [0.1, 0.15) is 24.2 Å². The minimum absolute atomic E-state index is 0. The number of rotatable bonds is 4. The molecule has 0 N–H and O–H groups in total. The van der Waals surface area contributed by atoms with Gasteiger partial charge < -0.3 is 4.57 Å². The summed E-state index contributed by atoms with van der Waals surface area (Å²) in [5.41, 5.74) is 2.82. The Balaban J connectivity index is 0.00000113. The first-order chi connectivity index (χ1) is 11.3. The van der Waals surface area contributed by atoms with Crippen LogP contribution in [0, 0.1) is 11.8 Å². The molecule has 2 fully saturated rings. The topological polar surface area (TPSA) is 24.3 Å². The standard InChI is InChI=1S/C19H26N4.2ClH/c1-3-23-14-20-9-17(23)12-22-11-16-10-21(2)19(18(16)13-22)15-7-5-4-6-8-15;;/h4-9,14,16,18-19H,3,10-13H2,1-2H3;2*1H/t16-,18+,19-;;/m0../s1. The van der Waals surface area contributed by atoms with Crippen LogP contribution in [-0.4, -0.2) is 46.0 Å². The van der Waals surface area contributed by atoms with E-state index in [1.165, 1.54) is 30.9 Å². The number of hydrogen-bond donors (Lipinski definition) is 0. The molecule has 1 aromatic heterocycles. The van der Waals surface area contributed by atoms with E-state index in [1.54, 1.807) is 0 Å². The largest absolute Gasteiger partial charge is 0.334 e. The molecule has 6 heteroatoms. The molecule has 0 bridgehead atoms. The highest BCUT2D eigenvalue weighted by molar-refractivity contribution is 5.85. The lowest BCUT2D eigenvalue weighted by atomic mass is 9.90. The van der Waals surface area contributed by atoms with Gasteiger partial charge in [-0.3, -0.25) is 9.80 Å². The lowest BCUT2D eigenvalue weighted by molar-refractivity contribution is 0.222. The Kier molecular flexibility index (Phi) is 6.92. The number of aryl methyl sites for hydroxylation is 1. The van der Waals surface area contributed by atoms with Gasteiger partial charge in [-0.2, -0.15) is 0 Å². The third-order valence-electron chi connectivity index (χ3n) is 5.64. The molecule has 4 nitrogen and oxygen atoms in total. The fourth-order valence-corrected chi connectivity index (χ4v) is 4.62. The van der Waals surface area contributed by atoms with Crippen LogP contribution in [-0.2, 0) is 13.1 Å². The Morgan fingerprint density at radius 2 is 1.84 bits per heavy atom. The van der Waals surface area contributed by atoms with Gasteiger partial charge in [0.15, 0.2) is 0 Å². The summed E-state index contributed by atoms with van der Waals surface area (Å²) in [5, 5.41) is 0. The van der Waals surface area contributed by atoms with Gasteiger partial charge >= 0.3 is 0 Å². The van der Waals surface area contributed by atoms with E-state index < -0.39 is 0 Å². The Morgan fingerprint density at radius 1 is 1.08 bits per heavy atom. The van der Waals surface area contributed by atoms with Gasteiger partial charge in [0.2, 0.25) is 0 Å². The molecule has 0 aliphatic carbocycles. The molecule has 138 valence electrons. The van der Waals surface area contributed by atoms with Crippen molar-refractivity contribution in [2.45, 2.75) is 26.1 Å².